The van der Waals surface area contributed by atoms with Crippen LogP contribution < -0.4 is 0 Å². The molecule has 118 valence electrons. The van der Waals surface area contributed by atoms with Crippen molar-refractivity contribution in [3.63, 3.8) is 0 Å². The van der Waals surface area contributed by atoms with E-state index >= 15 is 0 Å². The molecule has 2 nitrogen and oxygen atoms in total. The van der Waals surface area contributed by atoms with Crippen molar-refractivity contribution >= 4 is 0 Å². The second kappa shape index (κ2) is 9.66. The minimum Gasteiger partial charge on any atom is -0.266 e. The highest BCUT2D eigenvalue weighted by Gasteiger charge is 2.26. The van der Waals surface area contributed by atoms with Crippen LogP contribution in [0.15, 0.2) is 12.3 Å². The molecule has 21 heavy (non-hydrogen) atoms. The van der Waals surface area contributed by atoms with Crippen LogP contribution >= 0.6 is 0 Å². The lowest BCUT2D eigenvalue weighted by Crippen LogP contribution is -2.31. The number of hydrogen-bond acceptors (Lipinski definition) is 1. The molecule has 0 aromatic carbocycles. The third kappa shape index (κ3) is 5.96. The molecule has 2 heteroatoms. The molecule has 1 heterocycles. The van der Waals surface area contributed by atoms with Crippen molar-refractivity contribution in [1.29, 1.82) is 0 Å². The van der Waals surface area contributed by atoms with E-state index in [2.05, 4.69) is 42.7 Å². The highest BCUT2D eigenvalue weighted by atomic mass is 15.3. The topological polar surface area (TPSA) is 17.8 Å². The first-order valence-electron chi connectivity index (χ1n) is 8.69. The number of unbranched alkanes of at least 4 members (excludes halogenated alkanes) is 6. The zero-order valence-corrected chi connectivity index (χ0v) is 14.2. The normalized spacial score (nSPS) is 11.5. The smallest absolute Gasteiger partial charge is 0.135 e. The summed E-state index contributed by atoms with van der Waals surface area (Å²) >= 11 is 0. The van der Waals surface area contributed by atoms with Gasteiger partial charge in [0.2, 0.25) is 0 Å². The van der Waals surface area contributed by atoms with E-state index in [9.17, 15) is 0 Å². The summed E-state index contributed by atoms with van der Waals surface area (Å²) in [5.41, 5.74) is 0.875. The molecule has 0 bridgehead atoms. The molecule has 0 spiro atoms. The van der Waals surface area contributed by atoms with Crippen molar-refractivity contribution < 1.29 is 0 Å². The van der Waals surface area contributed by atoms with Gasteiger partial charge in [-0.2, -0.15) is 5.10 Å². The van der Waals surface area contributed by atoms with Gasteiger partial charge in [0.05, 0.1) is 5.54 Å². The van der Waals surface area contributed by atoms with Gasteiger partial charge in [-0.1, -0.05) is 65.2 Å². The Balaban J connectivity index is 2.65. The van der Waals surface area contributed by atoms with Gasteiger partial charge in [-0.3, -0.25) is 4.68 Å². The summed E-state index contributed by atoms with van der Waals surface area (Å²) in [6, 6.07) is 1.95. The van der Waals surface area contributed by atoms with Gasteiger partial charge in [-0.15, -0.1) is 6.42 Å². The van der Waals surface area contributed by atoms with Crippen LogP contribution in [0, 0.1) is 12.3 Å². The average molecular weight is 288 g/mol. The van der Waals surface area contributed by atoms with Gasteiger partial charge >= 0.3 is 0 Å². The van der Waals surface area contributed by atoms with Crippen LogP contribution in [0.5, 0.6) is 0 Å². The van der Waals surface area contributed by atoms with Gasteiger partial charge in [-0.25, -0.2) is 0 Å². The van der Waals surface area contributed by atoms with Crippen LogP contribution in [0.2, 0.25) is 0 Å². The Labute approximate surface area is 131 Å². The van der Waals surface area contributed by atoms with Crippen LogP contribution in [-0.4, -0.2) is 9.78 Å². The summed E-state index contributed by atoms with van der Waals surface area (Å²) in [6.07, 6.45) is 20.4. The van der Waals surface area contributed by atoms with E-state index in [0.717, 1.165) is 5.69 Å². The molecule has 0 radical (unpaired) electrons. The Hall–Kier alpha value is -1.23. The Bertz CT molecular complexity index is 413. The lowest BCUT2D eigenvalue weighted by atomic mass is 9.88. The molecule has 0 fully saturated rings. The first kappa shape index (κ1) is 17.8. The number of aromatic nitrogens is 2. The van der Waals surface area contributed by atoms with Crippen molar-refractivity contribution in [2.24, 2.45) is 0 Å². The number of rotatable bonds is 11. The van der Waals surface area contributed by atoms with E-state index in [1.54, 1.807) is 0 Å². The molecule has 0 amide bonds. The summed E-state index contributed by atoms with van der Waals surface area (Å²) in [7, 11) is 0. The van der Waals surface area contributed by atoms with Crippen LogP contribution in [-0.2, 0) is 5.54 Å². The maximum atomic E-state index is 5.46. The Morgan fingerprint density at radius 3 is 2.05 bits per heavy atom. The molecular formula is C19H32N2. The lowest BCUT2D eigenvalue weighted by molar-refractivity contribution is 0.227. The quantitative estimate of drug-likeness (QED) is 0.387. The molecule has 1 aromatic heterocycles. The highest BCUT2D eigenvalue weighted by Crippen LogP contribution is 2.29. The third-order valence-electron chi connectivity index (χ3n) is 4.43. The molecule has 1 aromatic rings. The minimum atomic E-state index is 0.122. The highest BCUT2D eigenvalue weighted by molar-refractivity contribution is 5.22. The predicted octanol–water partition coefficient (Wildman–Crippen LogP) is 5.52. The summed E-state index contributed by atoms with van der Waals surface area (Å²) < 4.78 is 2.13. The van der Waals surface area contributed by atoms with Crippen LogP contribution in [0.4, 0.5) is 0 Å². The maximum absolute atomic E-state index is 5.46. The van der Waals surface area contributed by atoms with Gasteiger partial charge in [-0.05, 0) is 31.8 Å². The molecule has 0 aliphatic rings. The van der Waals surface area contributed by atoms with E-state index < -0.39 is 0 Å². The molecule has 0 unspecified atom stereocenters. The average Bonchev–Trinajstić information content (AvgIpc) is 2.98. The minimum absolute atomic E-state index is 0.122. The number of hydrogen-bond donors (Lipinski definition) is 0. The first-order valence-corrected chi connectivity index (χ1v) is 8.69. The van der Waals surface area contributed by atoms with Gasteiger partial charge in [0.15, 0.2) is 0 Å². The van der Waals surface area contributed by atoms with Crippen molar-refractivity contribution in [3.05, 3.63) is 18.0 Å². The fourth-order valence-corrected chi connectivity index (χ4v) is 2.92. The predicted molar refractivity (Wildman–Crippen MR) is 91.3 cm³/mol. The largest absolute Gasteiger partial charge is 0.266 e. The molecular weight excluding hydrogens is 256 g/mol. The molecule has 0 atom stereocenters. The monoisotopic (exact) mass is 288 g/mol. The lowest BCUT2D eigenvalue weighted by Gasteiger charge is -2.30. The molecule has 0 aliphatic carbocycles. The first-order chi connectivity index (χ1) is 10.2. The molecule has 0 saturated heterocycles. The maximum Gasteiger partial charge on any atom is 0.135 e. The Morgan fingerprint density at radius 1 is 1.05 bits per heavy atom. The summed E-state index contributed by atoms with van der Waals surface area (Å²) in [5, 5.41) is 4.58. The van der Waals surface area contributed by atoms with Crippen molar-refractivity contribution in [2.45, 2.75) is 90.5 Å². The summed E-state index contributed by atoms with van der Waals surface area (Å²) in [5.74, 6) is 2.64. The van der Waals surface area contributed by atoms with E-state index in [-0.39, 0.29) is 5.54 Å². The van der Waals surface area contributed by atoms with E-state index in [1.807, 2.05) is 6.07 Å². The zero-order chi connectivity index (χ0) is 15.6. The second-order valence-electron chi connectivity index (χ2n) is 6.41. The standard InChI is InChI=1S/C19H32N2/c1-5-8-10-12-15-19(4,16-13-11-9-6-2)21-17-14-18(7-3)20-21/h3,14,17H,5-6,8-13,15-16H2,1-2,4H3. The van der Waals surface area contributed by atoms with Crippen molar-refractivity contribution in [3.8, 4) is 12.3 Å². The van der Waals surface area contributed by atoms with Gasteiger partial charge in [0.1, 0.15) is 5.69 Å². The Kier molecular flexibility index (Phi) is 8.20. The second-order valence-corrected chi connectivity index (χ2v) is 6.41. The van der Waals surface area contributed by atoms with Crippen molar-refractivity contribution in [2.75, 3.05) is 0 Å². The molecule has 0 N–H and O–H groups in total. The Morgan fingerprint density at radius 2 is 1.62 bits per heavy atom. The third-order valence-corrected chi connectivity index (χ3v) is 4.43. The fourth-order valence-electron chi connectivity index (χ4n) is 2.92. The summed E-state index contributed by atoms with van der Waals surface area (Å²) in [4.78, 5) is 0. The van der Waals surface area contributed by atoms with Crippen LogP contribution in [0.25, 0.3) is 0 Å². The summed E-state index contributed by atoms with van der Waals surface area (Å²) in [6.45, 7) is 6.87. The number of nitrogens with zero attached hydrogens (tertiary/aromatic N) is 2. The molecule has 0 saturated carbocycles. The van der Waals surface area contributed by atoms with Gasteiger partial charge < -0.3 is 0 Å². The van der Waals surface area contributed by atoms with E-state index in [1.165, 1.54) is 64.2 Å². The van der Waals surface area contributed by atoms with Gasteiger partial charge in [0, 0.05) is 6.20 Å². The van der Waals surface area contributed by atoms with Gasteiger partial charge in [0.25, 0.3) is 0 Å². The fraction of sp³-hybridized carbons (Fsp3) is 0.737. The van der Waals surface area contributed by atoms with Crippen LogP contribution in [0.1, 0.15) is 90.7 Å². The zero-order valence-electron chi connectivity index (χ0n) is 14.2. The van der Waals surface area contributed by atoms with Crippen LogP contribution in [0.3, 0.4) is 0 Å². The molecule has 1 rings (SSSR count). The number of terminal acetylenes is 1. The van der Waals surface area contributed by atoms with Crippen molar-refractivity contribution in [1.82, 2.24) is 9.78 Å². The van der Waals surface area contributed by atoms with E-state index in [0.29, 0.717) is 0 Å². The van der Waals surface area contributed by atoms with E-state index in [4.69, 9.17) is 6.42 Å². The SMILES string of the molecule is C#Cc1ccn(C(C)(CCCCCC)CCCCCC)n1. The molecule has 0 aliphatic heterocycles.